The molecule has 1 aromatic carbocycles. The highest BCUT2D eigenvalue weighted by molar-refractivity contribution is 7.71. The number of hydrogen-bond acceptors (Lipinski definition) is 7. The number of alkyl halides is 2. The number of amides is 2. The molecule has 1 aliphatic heterocycles. The number of rotatable bonds is 7. The maximum atomic E-state index is 15.2. The van der Waals surface area contributed by atoms with E-state index in [-0.39, 0.29) is 43.3 Å². The summed E-state index contributed by atoms with van der Waals surface area (Å²) in [4.78, 5) is 37.7. The first kappa shape index (κ1) is 28.3. The molecule has 0 aliphatic carbocycles. The van der Waals surface area contributed by atoms with Gasteiger partial charge in [0.25, 0.3) is 5.92 Å². The van der Waals surface area contributed by atoms with Crippen molar-refractivity contribution in [1.29, 1.82) is 0 Å². The van der Waals surface area contributed by atoms with Gasteiger partial charge in [-0.1, -0.05) is 12.1 Å². The molecule has 0 unspecified atom stereocenters. The Balaban J connectivity index is 1.61. The Hall–Kier alpha value is -3.73. The minimum atomic E-state index is -3.61. The van der Waals surface area contributed by atoms with Crippen molar-refractivity contribution in [1.82, 2.24) is 24.8 Å². The molecular weight excluding hydrogens is 536 g/mol. The van der Waals surface area contributed by atoms with Gasteiger partial charge >= 0.3 is 6.09 Å². The van der Waals surface area contributed by atoms with Crippen molar-refractivity contribution >= 4 is 41.3 Å². The van der Waals surface area contributed by atoms with Crippen molar-refractivity contribution in [3.63, 3.8) is 0 Å². The van der Waals surface area contributed by atoms with E-state index in [1.165, 1.54) is 30.3 Å². The Morgan fingerprint density at radius 1 is 1.23 bits per heavy atom. The van der Waals surface area contributed by atoms with E-state index in [0.29, 0.717) is 22.2 Å². The molecule has 4 rings (SSSR count). The van der Waals surface area contributed by atoms with Crippen molar-refractivity contribution < 1.29 is 32.4 Å². The molecule has 0 atom stereocenters. The predicted octanol–water partition coefficient (Wildman–Crippen LogP) is 3.64. The Bertz CT molecular complexity index is 1480. The van der Waals surface area contributed by atoms with E-state index in [4.69, 9.17) is 0 Å². The second kappa shape index (κ2) is 10.8. The van der Waals surface area contributed by atoms with Gasteiger partial charge in [-0.05, 0) is 19.1 Å². The molecule has 2 amide bonds. The summed E-state index contributed by atoms with van der Waals surface area (Å²) >= 11 is 0. The second-order valence-corrected chi connectivity index (χ2v) is 12.6. The maximum Gasteiger partial charge on any atom is 0.407 e. The number of aromatic nitrogens is 3. The zero-order valence-electron chi connectivity index (χ0n) is 21.6. The molecular formula is C25H28F3N6O4P. The van der Waals surface area contributed by atoms with E-state index < -0.39 is 43.0 Å². The number of aryl methyl sites for hydroxylation is 1. The number of nitrogens with zero attached hydrogens (tertiary/aromatic N) is 5. The predicted molar refractivity (Wildman–Crippen MR) is 140 cm³/mol. The summed E-state index contributed by atoms with van der Waals surface area (Å²) in [5.74, 6) is -4.61. The molecule has 0 bridgehead atoms. The number of pyridine rings is 1. The van der Waals surface area contributed by atoms with Crippen LogP contribution < -0.4 is 10.8 Å². The van der Waals surface area contributed by atoms with Crippen LogP contribution in [0.2, 0.25) is 0 Å². The third-order valence-corrected chi connectivity index (χ3v) is 9.65. The lowest BCUT2D eigenvalue weighted by atomic mass is 10.0. The zero-order chi connectivity index (χ0) is 28.5. The number of halogens is 3. The van der Waals surface area contributed by atoms with Crippen molar-refractivity contribution in [2.45, 2.75) is 26.3 Å². The summed E-state index contributed by atoms with van der Waals surface area (Å²) in [6, 6.07) is 5.26. The third kappa shape index (κ3) is 5.98. The van der Waals surface area contributed by atoms with E-state index in [1.54, 1.807) is 13.0 Å². The fourth-order valence-electron chi connectivity index (χ4n) is 4.38. The quantitative estimate of drug-likeness (QED) is 0.417. The van der Waals surface area contributed by atoms with Crippen LogP contribution in [0.25, 0.3) is 10.9 Å². The summed E-state index contributed by atoms with van der Waals surface area (Å²) in [7, 11) is -1.76. The number of hydrogen-bond donors (Lipinski definition) is 2. The van der Waals surface area contributed by atoms with Crippen LogP contribution in [-0.2, 0) is 21.8 Å². The van der Waals surface area contributed by atoms with Crippen molar-refractivity contribution in [2.24, 2.45) is 0 Å². The van der Waals surface area contributed by atoms with E-state index in [9.17, 15) is 28.0 Å². The molecule has 1 fully saturated rings. The van der Waals surface area contributed by atoms with Gasteiger partial charge in [-0.25, -0.2) is 19.2 Å². The summed E-state index contributed by atoms with van der Waals surface area (Å²) in [6.45, 7) is 1.90. The minimum Gasteiger partial charge on any atom is -0.465 e. The molecule has 2 aromatic heterocycles. The molecule has 0 saturated carbocycles. The van der Waals surface area contributed by atoms with Crippen molar-refractivity contribution in [3.8, 4) is 0 Å². The van der Waals surface area contributed by atoms with Gasteiger partial charge in [0.05, 0.1) is 23.8 Å². The summed E-state index contributed by atoms with van der Waals surface area (Å²) in [6.07, 6.45) is 0.695. The average Bonchev–Trinajstić information content (AvgIpc) is 2.87. The van der Waals surface area contributed by atoms with Gasteiger partial charge in [0.2, 0.25) is 5.91 Å². The number of benzene rings is 1. The molecule has 0 radical (unpaired) electrons. The first-order valence-electron chi connectivity index (χ1n) is 12.1. The molecule has 2 N–H and O–H groups in total. The molecule has 1 aliphatic rings. The van der Waals surface area contributed by atoms with Gasteiger partial charge in [0.15, 0.2) is 0 Å². The number of nitrogens with one attached hydrogen (secondary N) is 1. The number of anilines is 1. The van der Waals surface area contributed by atoms with Crippen molar-refractivity contribution in [3.05, 3.63) is 53.2 Å². The Labute approximate surface area is 222 Å². The lowest BCUT2D eigenvalue weighted by molar-refractivity contribution is -0.133. The summed E-state index contributed by atoms with van der Waals surface area (Å²) in [5.41, 5.74) is -0.100. The van der Waals surface area contributed by atoms with E-state index >= 15 is 4.39 Å². The van der Waals surface area contributed by atoms with Crippen LogP contribution in [0.4, 0.5) is 23.8 Å². The maximum absolute atomic E-state index is 15.2. The number of carbonyl (C=O) groups excluding carboxylic acids is 1. The molecule has 3 aromatic rings. The SMILES string of the molecule is CC(=O)N(C)CC(F)(F)c1cccc(CNc2nc(C)nc3cnc(P4(=O)CCN(C(=O)O)CC4)cc23)c1F. The van der Waals surface area contributed by atoms with Crippen LogP contribution in [0.15, 0.2) is 30.5 Å². The first-order chi connectivity index (χ1) is 18.3. The van der Waals surface area contributed by atoms with Gasteiger partial charge in [0, 0.05) is 56.9 Å². The van der Waals surface area contributed by atoms with Crippen LogP contribution in [0, 0.1) is 12.7 Å². The van der Waals surface area contributed by atoms with Gasteiger partial charge in [-0.2, -0.15) is 8.78 Å². The van der Waals surface area contributed by atoms with E-state index in [0.717, 1.165) is 17.9 Å². The normalized spacial score (nSPS) is 15.3. The average molecular weight is 565 g/mol. The van der Waals surface area contributed by atoms with Crippen molar-refractivity contribution in [2.75, 3.05) is 44.3 Å². The number of carboxylic acid groups (broad SMARTS) is 1. The topological polar surface area (TPSA) is 129 Å². The Kier molecular flexibility index (Phi) is 7.83. The molecule has 14 heteroatoms. The lowest BCUT2D eigenvalue weighted by Gasteiger charge is -2.30. The summed E-state index contributed by atoms with van der Waals surface area (Å²) in [5, 5.41) is 12.6. The molecule has 3 heterocycles. The monoisotopic (exact) mass is 564 g/mol. The lowest BCUT2D eigenvalue weighted by Crippen LogP contribution is -2.40. The van der Waals surface area contributed by atoms with Gasteiger partial charge in [-0.3, -0.25) is 9.78 Å². The highest BCUT2D eigenvalue weighted by Crippen LogP contribution is 2.46. The standard InChI is InChI=1S/C25H28F3N6O4P/c1-15-31-20-13-29-21(39(38)9-7-34(8-10-39)24(36)37)11-18(20)23(32-15)30-12-17-5-4-6-19(22(17)26)25(27,28)14-33(3)16(2)35/h4-6,11,13H,7-10,12,14H2,1-3H3,(H,36,37)(H,30,31,32). The van der Waals surface area contributed by atoms with Gasteiger partial charge in [-0.15, -0.1) is 0 Å². The van der Waals surface area contributed by atoms with Gasteiger partial charge in [0.1, 0.15) is 30.0 Å². The molecule has 208 valence electrons. The largest absolute Gasteiger partial charge is 0.465 e. The number of fused-ring (bicyclic) bond motifs is 1. The van der Waals surface area contributed by atoms with Crippen LogP contribution in [0.1, 0.15) is 23.9 Å². The third-order valence-electron chi connectivity index (χ3n) is 6.72. The van der Waals surface area contributed by atoms with E-state index in [1.807, 2.05) is 0 Å². The minimum absolute atomic E-state index is 0.0369. The highest BCUT2D eigenvalue weighted by atomic mass is 31.2. The first-order valence-corrected chi connectivity index (χ1v) is 14.2. The Morgan fingerprint density at radius 3 is 2.56 bits per heavy atom. The van der Waals surface area contributed by atoms with Crippen LogP contribution in [0.3, 0.4) is 0 Å². The van der Waals surface area contributed by atoms with E-state index in [2.05, 4.69) is 20.3 Å². The molecule has 0 spiro atoms. The highest BCUT2D eigenvalue weighted by Gasteiger charge is 2.37. The molecule has 10 nitrogen and oxygen atoms in total. The molecule has 1 saturated heterocycles. The summed E-state index contributed by atoms with van der Waals surface area (Å²) < 4.78 is 58.5. The van der Waals surface area contributed by atoms with Crippen LogP contribution >= 0.6 is 7.14 Å². The Morgan fingerprint density at radius 2 is 1.92 bits per heavy atom. The second-order valence-electron chi connectivity index (χ2n) is 9.50. The smallest absolute Gasteiger partial charge is 0.407 e. The van der Waals surface area contributed by atoms with Gasteiger partial charge < -0.3 is 24.8 Å². The number of carbonyl (C=O) groups is 2. The fraction of sp³-hybridized carbons (Fsp3) is 0.400. The number of likely N-dealkylation sites (N-methyl/N-ethyl adjacent to an activating group) is 1. The fourth-order valence-corrected chi connectivity index (χ4v) is 6.82. The molecule has 39 heavy (non-hydrogen) atoms. The van der Waals surface area contributed by atoms with Crippen LogP contribution in [0.5, 0.6) is 0 Å². The van der Waals surface area contributed by atoms with Crippen LogP contribution in [-0.4, -0.2) is 80.9 Å². The zero-order valence-corrected chi connectivity index (χ0v) is 22.5.